The molecule has 2 rings (SSSR count). The van der Waals surface area contributed by atoms with Crippen molar-refractivity contribution in [2.45, 2.75) is 38.7 Å². The molecule has 4 nitrogen and oxygen atoms in total. The summed E-state index contributed by atoms with van der Waals surface area (Å²) in [4.78, 5) is 11.0. The van der Waals surface area contributed by atoms with Crippen molar-refractivity contribution < 1.29 is 14.6 Å². The molecule has 98 valence electrons. The highest BCUT2D eigenvalue weighted by Gasteiger charge is 2.24. The minimum atomic E-state index is -1.02. The second-order valence-corrected chi connectivity index (χ2v) is 4.94. The first kappa shape index (κ1) is 12.7. The normalized spacial score (nSPS) is 23.6. The fourth-order valence-corrected chi connectivity index (χ4v) is 2.45. The van der Waals surface area contributed by atoms with E-state index >= 15 is 0 Å². The Labute approximate surface area is 107 Å². The summed E-state index contributed by atoms with van der Waals surface area (Å²) in [5.41, 5.74) is 6.17. The maximum atomic E-state index is 11.0. The van der Waals surface area contributed by atoms with Gasteiger partial charge in [0, 0.05) is 0 Å². The number of hydrogen-bond donors (Lipinski definition) is 2. The van der Waals surface area contributed by atoms with Gasteiger partial charge in [-0.3, -0.25) is 0 Å². The van der Waals surface area contributed by atoms with Crippen molar-refractivity contribution in [3.05, 3.63) is 23.8 Å². The monoisotopic (exact) mass is 249 g/mol. The zero-order chi connectivity index (χ0) is 13.1. The molecule has 1 saturated carbocycles. The third-order valence-corrected chi connectivity index (χ3v) is 3.61. The van der Waals surface area contributed by atoms with Crippen LogP contribution in [-0.2, 0) is 0 Å². The van der Waals surface area contributed by atoms with E-state index in [1.54, 1.807) is 12.1 Å². The minimum absolute atomic E-state index is 0.107. The zero-order valence-electron chi connectivity index (χ0n) is 10.6. The summed E-state index contributed by atoms with van der Waals surface area (Å²) in [6, 6.07) is 4.90. The zero-order valence-corrected chi connectivity index (χ0v) is 10.6. The molecule has 1 aliphatic rings. The van der Waals surface area contributed by atoms with E-state index in [4.69, 9.17) is 15.6 Å². The summed E-state index contributed by atoms with van der Waals surface area (Å²) < 4.78 is 5.90. The summed E-state index contributed by atoms with van der Waals surface area (Å²) >= 11 is 0. The highest BCUT2D eigenvalue weighted by Crippen LogP contribution is 2.32. The largest absolute Gasteiger partial charge is 0.488 e. The lowest BCUT2D eigenvalue weighted by Gasteiger charge is -2.29. The number of carboxylic acid groups (broad SMARTS) is 1. The standard InChI is InChI=1S/C14H19NO3/c1-9-5-2-3-7-11(9)18-12-8-4-6-10(13(12)15)14(16)17/h4,6,8-9,11H,2-3,5,7,15H2,1H3,(H,16,17). The molecule has 0 amide bonds. The molecule has 0 saturated heterocycles. The molecule has 4 heteroatoms. The van der Waals surface area contributed by atoms with Gasteiger partial charge in [-0.2, -0.15) is 0 Å². The average molecular weight is 249 g/mol. The van der Waals surface area contributed by atoms with Crippen LogP contribution in [-0.4, -0.2) is 17.2 Å². The van der Waals surface area contributed by atoms with Crippen LogP contribution in [0.2, 0.25) is 0 Å². The summed E-state index contributed by atoms with van der Waals surface area (Å²) in [6.45, 7) is 2.17. The van der Waals surface area contributed by atoms with Crippen molar-refractivity contribution in [1.82, 2.24) is 0 Å². The number of carboxylic acids is 1. The summed E-state index contributed by atoms with van der Waals surface area (Å²) in [5, 5.41) is 9.01. The van der Waals surface area contributed by atoms with Crippen LogP contribution in [0.4, 0.5) is 5.69 Å². The van der Waals surface area contributed by atoms with Crippen LogP contribution >= 0.6 is 0 Å². The van der Waals surface area contributed by atoms with Gasteiger partial charge in [-0.1, -0.05) is 19.4 Å². The van der Waals surface area contributed by atoms with E-state index < -0.39 is 5.97 Å². The van der Waals surface area contributed by atoms with Gasteiger partial charge in [0.15, 0.2) is 0 Å². The maximum Gasteiger partial charge on any atom is 0.337 e. The second kappa shape index (κ2) is 5.29. The Bertz CT molecular complexity index is 445. The minimum Gasteiger partial charge on any atom is -0.488 e. The molecule has 0 heterocycles. The van der Waals surface area contributed by atoms with Crippen molar-refractivity contribution >= 4 is 11.7 Å². The molecule has 0 aliphatic heterocycles. The highest BCUT2D eigenvalue weighted by atomic mass is 16.5. The molecule has 0 aromatic heterocycles. The van der Waals surface area contributed by atoms with Crippen molar-refractivity contribution in [3.63, 3.8) is 0 Å². The van der Waals surface area contributed by atoms with Gasteiger partial charge in [-0.25, -0.2) is 4.79 Å². The molecule has 1 aliphatic carbocycles. The molecule has 1 aromatic rings. The second-order valence-electron chi connectivity index (χ2n) is 4.94. The van der Waals surface area contributed by atoms with Crippen molar-refractivity contribution in [2.24, 2.45) is 5.92 Å². The van der Waals surface area contributed by atoms with Gasteiger partial charge < -0.3 is 15.6 Å². The Balaban J connectivity index is 2.18. The number of nitrogens with two attached hydrogens (primary N) is 1. The van der Waals surface area contributed by atoms with Gasteiger partial charge in [0.05, 0.1) is 11.3 Å². The first-order valence-corrected chi connectivity index (χ1v) is 6.38. The molecule has 0 spiro atoms. The van der Waals surface area contributed by atoms with Gasteiger partial charge in [-0.05, 0) is 37.3 Å². The van der Waals surface area contributed by atoms with Gasteiger partial charge in [0.1, 0.15) is 11.9 Å². The van der Waals surface area contributed by atoms with E-state index in [-0.39, 0.29) is 17.4 Å². The number of para-hydroxylation sites is 1. The van der Waals surface area contributed by atoms with E-state index in [0.717, 1.165) is 19.3 Å². The van der Waals surface area contributed by atoms with Gasteiger partial charge in [-0.15, -0.1) is 0 Å². The van der Waals surface area contributed by atoms with Gasteiger partial charge in [0.2, 0.25) is 0 Å². The number of benzene rings is 1. The molecule has 0 radical (unpaired) electrons. The topological polar surface area (TPSA) is 72.5 Å². The quantitative estimate of drug-likeness (QED) is 0.808. The lowest BCUT2D eigenvalue weighted by Crippen LogP contribution is -2.28. The number of ether oxygens (including phenoxy) is 1. The fourth-order valence-electron chi connectivity index (χ4n) is 2.45. The van der Waals surface area contributed by atoms with E-state index in [1.165, 1.54) is 12.5 Å². The Hall–Kier alpha value is -1.71. The highest BCUT2D eigenvalue weighted by molar-refractivity contribution is 5.95. The average Bonchev–Trinajstić information content (AvgIpc) is 2.34. The summed E-state index contributed by atoms with van der Waals surface area (Å²) in [5.74, 6) is -0.0325. The number of anilines is 1. The summed E-state index contributed by atoms with van der Waals surface area (Å²) in [7, 11) is 0. The first-order chi connectivity index (χ1) is 8.59. The lowest BCUT2D eigenvalue weighted by atomic mass is 9.88. The van der Waals surface area contributed by atoms with Gasteiger partial charge >= 0.3 is 5.97 Å². The number of rotatable bonds is 3. The van der Waals surface area contributed by atoms with E-state index in [1.807, 2.05) is 0 Å². The third-order valence-electron chi connectivity index (χ3n) is 3.61. The molecule has 2 unspecified atom stereocenters. The van der Waals surface area contributed by atoms with Crippen LogP contribution in [0, 0.1) is 5.92 Å². The molecular weight excluding hydrogens is 230 g/mol. The molecule has 1 fully saturated rings. The van der Waals surface area contributed by atoms with Crippen molar-refractivity contribution in [2.75, 3.05) is 5.73 Å². The van der Waals surface area contributed by atoms with Crippen LogP contribution in [0.25, 0.3) is 0 Å². The fraction of sp³-hybridized carbons (Fsp3) is 0.500. The predicted molar refractivity (Wildman–Crippen MR) is 69.9 cm³/mol. The maximum absolute atomic E-state index is 11.0. The smallest absolute Gasteiger partial charge is 0.337 e. The van der Waals surface area contributed by atoms with Crippen molar-refractivity contribution in [1.29, 1.82) is 0 Å². The van der Waals surface area contributed by atoms with E-state index in [2.05, 4.69) is 6.92 Å². The Morgan fingerprint density at radius 3 is 2.78 bits per heavy atom. The lowest BCUT2D eigenvalue weighted by molar-refractivity contribution is 0.0696. The number of aromatic carboxylic acids is 1. The van der Waals surface area contributed by atoms with Crippen LogP contribution in [0.5, 0.6) is 5.75 Å². The Morgan fingerprint density at radius 2 is 2.11 bits per heavy atom. The third kappa shape index (κ3) is 2.58. The van der Waals surface area contributed by atoms with Crippen LogP contribution in [0.1, 0.15) is 43.0 Å². The van der Waals surface area contributed by atoms with E-state index in [9.17, 15) is 4.79 Å². The number of hydrogen-bond acceptors (Lipinski definition) is 3. The van der Waals surface area contributed by atoms with Gasteiger partial charge in [0.25, 0.3) is 0 Å². The molecule has 18 heavy (non-hydrogen) atoms. The number of carbonyl (C=O) groups is 1. The van der Waals surface area contributed by atoms with E-state index in [0.29, 0.717) is 11.7 Å². The molecule has 3 N–H and O–H groups in total. The SMILES string of the molecule is CC1CCCCC1Oc1cccc(C(=O)O)c1N. The summed E-state index contributed by atoms with van der Waals surface area (Å²) in [6.07, 6.45) is 4.71. The Kier molecular flexibility index (Phi) is 3.75. The first-order valence-electron chi connectivity index (χ1n) is 6.38. The molecule has 0 bridgehead atoms. The molecule has 2 atom stereocenters. The molecule has 1 aromatic carbocycles. The van der Waals surface area contributed by atoms with Crippen LogP contribution in [0.15, 0.2) is 18.2 Å². The predicted octanol–water partition coefficient (Wildman–Crippen LogP) is 2.92. The molecular formula is C14H19NO3. The number of nitrogen functional groups attached to an aromatic ring is 1. The van der Waals surface area contributed by atoms with Crippen molar-refractivity contribution in [3.8, 4) is 5.75 Å². The Morgan fingerprint density at radius 1 is 1.39 bits per heavy atom. The van der Waals surface area contributed by atoms with Crippen LogP contribution in [0.3, 0.4) is 0 Å². The van der Waals surface area contributed by atoms with Crippen LogP contribution < -0.4 is 10.5 Å².